The van der Waals surface area contributed by atoms with Crippen molar-refractivity contribution in [1.82, 2.24) is 15.3 Å². The minimum absolute atomic E-state index is 0.0761. The van der Waals surface area contributed by atoms with E-state index in [-0.39, 0.29) is 5.91 Å². The highest BCUT2D eigenvalue weighted by atomic mass is 32.1. The largest absolute Gasteiger partial charge is 0.348 e. The number of thiazole rings is 1. The number of hydrogen-bond donors (Lipinski definition) is 1. The van der Waals surface area contributed by atoms with Crippen molar-refractivity contribution in [2.75, 3.05) is 0 Å². The van der Waals surface area contributed by atoms with Crippen LogP contribution in [0.25, 0.3) is 20.8 Å². The van der Waals surface area contributed by atoms with Crippen molar-refractivity contribution < 1.29 is 4.79 Å². The van der Waals surface area contributed by atoms with Crippen molar-refractivity contribution >= 4 is 38.8 Å². The predicted octanol–water partition coefficient (Wildman–Crippen LogP) is 4.91. The van der Waals surface area contributed by atoms with Gasteiger partial charge < -0.3 is 5.32 Å². The Morgan fingerprint density at radius 2 is 2.12 bits per heavy atom. The van der Waals surface area contributed by atoms with Crippen molar-refractivity contribution in [1.29, 1.82) is 0 Å². The van der Waals surface area contributed by atoms with Crippen LogP contribution in [0.2, 0.25) is 0 Å². The standard InChI is InChI=1S/C20H17N3OS2/c1-2-19-23-15-6-5-14(11-18(15)26-19)20(24)22-12-13-7-8-21-16(10-13)17-4-3-9-25-17/h3-11H,2,12H2,1H3,(H,22,24). The van der Waals surface area contributed by atoms with E-state index in [1.807, 2.05) is 47.8 Å². The Morgan fingerprint density at radius 3 is 2.92 bits per heavy atom. The zero-order chi connectivity index (χ0) is 17.9. The summed E-state index contributed by atoms with van der Waals surface area (Å²) in [5.41, 5.74) is 3.59. The second kappa shape index (κ2) is 7.35. The van der Waals surface area contributed by atoms with Crippen LogP contribution in [0.4, 0.5) is 0 Å². The van der Waals surface area contributed by atoms with Gasteiger partial charge >= 0.3 is 0 Å². The minimum Gasteiger partial charge on any atom is -0.348 e. The van der Waals surface area contributed by atoms with Crippen LogP contribution >= 0.6 is 22.7 Å². The third kappa shape index (κ3) is 3.52. The summed E-state index contributed by atoms with van der Waals surface area (Å²) in [4.78, 5) is 22.6. The number of carbonyl (C=O) groups excluding carboxylic acids is 1. The molecule has 0 radical (unpaired) electrons. The highest BCUT2D eigenvalue weighted by Crippen LogP contribution is 2.24. The molecule has 0 aliphatic heterocycles. The number of thiophene rings is 1. The molecule has 26 heavy (non-hydrogen) atoms. The molecule has 0 atom stereocenters. The smallest absolute Gasteiger partial charge is 0.251 e. The molecule has 4 rings (SSSR count). The molecule has 0 saturated carbocycles. The summed E-state index contributed by atoms with van der Waals surface area (Å²) in [7, 11) is 0. The van der Waals surface area contributed by atoms with Crippen LogP contribution in [-0.2, 0) is 13.0 Å². The first kappa shape index (κ1) is 16.9. The number of carbonyl (C=O) groups is 1. The summed E-state index contributed by atoms with van der Waals surface area (Å²) in [6, 6.07) is 13.7. The van der Waals surface area contributed by atoms with Gasteiger partial charge in [-0.1, -0.05) is 13.0 Å². The van der Waals surface area contributed by atoms with E-state index >= 15 is 0 Å². The summed E-state index contributed by atoms with van der Waals surface area (Å²) in [5, 5.41) is 6.12. The van der Waals surface area contributed by atoms with Gasteiger partial charge in [0.25, 0.3) is 5.91 Å². The minimum atomic E-state index is -0.0761. The fraction of sp³-hybridized carbons (Fsp3) is 0.150. The number of fused-ring (bicyclic) bond motifs is 1. The third-order valence-corrected chi connectivity index (χ3v) is 6.10. The maximum Gasteiger partial charge on any atom is 0.251 e. The van der Waals surface area contributed by atoms with Gasteiger partial charge in [0.1, 0.15) is 0 Å². The molecule has 0 unspecified atom stereocenters. The summed E-state index contributed by atoms with van der Waals surface area (Å²) in [6.07, 6.45) is 2.70. The highest BCUT2D eigenvalue weighted by molar-refractivity contribution is 7.18. The Bertz CT molecular complexity index is 1050. The molecular weight excluding hydrogens is 362 g/mol. The number of amides is 1. The summed E-state index contributed by atoms with van der Waals surface area (Å²) < 4.78 is 1.05. The monoisotopic (exact) mass is 379 g/mol. The molecule has 1 amide bonds. The van der Waals surface area contributed by atoms with Crippen molar-refractivity contribution in [2.45, 2.75) is 19.9 Å². The number of nitrogens with one attached hydrogen (secondary N) is 1. The normalized spacial score (nSPS) is 11.0. The van der Waals surface area contributed by atoms with Crippen molar-refractivity contribution in [3.8, 4) is 10.6 Å². The SMILES string of the molecule is CCc1nc2ccc(C(=O)NCc3ccnc(-c4cccs4)c3)cc2s1. The average molecular weight is 380 g/mol. The van der Waals surface area contributed by atoms with Gasteiger partial charge in [-0.25, -0.2) is 4.98 Å². The molecule has 3 aromatic heterocycles. The molecule has 0 fully saturated rings. The van der Waals surface area contributed by atoms with E-state index in [9.17, 15) is 4.79 Å². The first-order valence-corrected chi connectivity index (χ1v) is 10.1. The summed E-state index contributed by atoms with van der Waals surface area (Å²) in [5.74, 6) is -0.0761. The van der Waals surface area contributed by atoms with Crippen LogP contribution in [0.3, 0.4) is 0 Å². The Labute approximate surface area is 159 Å². The van der Waals surface area contributed by atoms with E-state index in [2.05, 4.69) is 22.2 Å². The number of nitrogens with zero attached hydrogens (tertiary/aromatic N) is 2. The molecule has 0 aliphatic rings. The first-order chi connectivity index (χ1) is 12.7. The van der Waals surface area contributed by atoms with Gasteiger partial charge in [0.15, 0.2) is 0 Å². The van der Waals surface area contributed by atoms with Gasteiger partial charge in [-0.05, 0) is 53.8 Å². The van der Waals surface area contributed by atoms with E-state index in [1.165, 1.54) is 0 Å². The number of rotatable bonds is 5. The lowest BCUT2D eigenvalue weighted by molar-refractivity contribution is 0.0951. The van der Waals surface area contributed by atoms with Gasteiger partial charge in [-0.3, -0.25) is 9.78 Å². The van der Waals surface area contributed by atoms with E-state index in [0.29, 0.717) is 12.1 Å². The molecule has 4 nitrogen and oxygen atoms in total. The Morgan fingerprint density at radius 1 is 1.19 bits per heavy atom. The molecule has 130 valence electrons. The van der Waals surface area contributed by atoms with Gasteiger partial charge in [-0.15, -0.1) is 22.7 Å². The second-order valence-corrected chi connectivity index (χ2v) is 7.92. The number of benzene rings is 1. The van der Waals surface area contributed by atoms with Gasteiger partial charge in [0.05, 0.1) is 25.8 Å². The maximum absolute atomic E-state index is 12.5. The third-order valence-electron chi connectivity index (χ3n) is 4.05. The van der Waals surface area contributed by atoms with E-state index in [0.717, 1.165) is 37.8 Å². The van der Waals surface area contributed by atoms with Crippen LogP contribution in [0.1, 0.15) is 27.9 Å². The van der Waals surface area contributed by atoms with Crippen LogP contribution in [0.5, 0.6) is 0 Å². The number of pyridine rings is 1. The molecule has 1 aromatic carbocycles. The molecule has 6 heteroatoms. The van der Waals surface area contributed by atoms with Crippen LogP contribution < -0.4 is 5.32 Å². The number of hydrogen-bond acceptors (Lipinski definition) is 5. The maximum atomic E-state index is 12.5. The molecule has 1 N–H and O–H groups in total. The van der Waals surface area contributed by atoms with Gasteiger partial charge in [-0.2, -0.15) is 0 Å². The lowest BCUT2D eigenvalue weighted by Gasteiger charge is -2.06. The van der Waals surface area contributed by atoms with Gasteiger partial charge in [0.2, 0.25) is 0 Å². The Kier molecular flexibility index (Phi) is 4.77. The summed E-state index contributed by atoms with van der Waals surface area (Å²) in [6.45, 7) is 2.56. The Hall–Kier alpha value is -2.57. The first-order valence-electron chi connectivity index (χ1n) is 8.39. The van der Waals surface area contributed by atoms with E-state index in [1.54, 1.807) is 28.9 Å². The fourth-order valence-corrected chi connectivity index (χ4v) is 4.33. The zero-order valence-corrected chi connectivity index (χ0v) is 15.9. The van der Waals surface area contributed by atoms with E-state index in [4.69, 9.17) is 0 Å². The molecule has 4 aromatic rings. The van der Waals surface area contributed by atoms with Crippen LogP contribution in [-0.4, -0.2) is 15.9 Å². The van der Waals surface area contributed by atoms with Gasteiger partial charge in [0, 0.05) is 18.3 Å². The van der Waals surface area contributed by atoms with Crippen LogP contribution in [0, 0.1) is 0 Å². The van der Waals surface area contributed by atoms with Crippen molar-refractivity contribution in [3.05, 3.63) is 70.2 Å². The zero-order valence-electron chi connectivity index (χ0n) is 14.2. The number of aryl methyl sites for hydroxylation is 1. The second-order valence-electron chi connectivity index (χ2n) is 5.85. The average Bonchev–Trinajstić information content (AvgIpc) is 3.35. The fourth-order valence-electron chi connectivity index (χ4n) is 2.69. The topological polar surface area (TPSA) is 54.9 Å². The number of aromatic nitrogens is 2. The lowest BCUT2D eigenvalue weighted by atomic mass is 10.2. The molecule has 0 aliphatic carbocycles. The highest BCUT2D eigenvalue weighted by Gasteiger charge is 2.09. The Balaban J connectivity index is 1.48. The summed E-state index contributed by atoms with van der Waals surface area (Å²) >= 11 is 3.30. The lowest BCUT2D eigenvalue weighted by Crippen LogP contribution is -2.22. The molecular formula is C20H17N3OS2. The van der Waals surface area contributed by atoms with Crippen LogP contribution in [0.15, 0.2) is 54.0 Å². The van der Waals surface area contributed by atoms with E-state index < -0.39 is 0 Å². The molecule has 0 spiro atoms. The molecule has 0 saturated heterocycles. The quantitative estimate of drug-likeness (QED) is 0.536. The molecule has 3 heterocycles. The predicted molar refractivity (Wildman–Crippen MR) is 108 cm³/mol. The van der Waals surface area contributed by atoms with Crippen molar-refractivity contribution in [2.24, 2.45) is 0 Å². The van der Waals surface area contributed by atoms with Crippen molar-refractivity contribution in [3.63, 3.8) is 0 Å². The molecule has 0 bridgehead atoms.